The average molecular weight is 306 g/mol. The van der Waals surface area contributed by atoms with E-state index in [1.165, 1.54) is 16.6 Å². The normalized spacial score (nSPS) is 11.2. The molecule has 0 unspecified atom stereocenters. The lowest BCUT2D eigenvalue weighted by molar-refractivity contribution is 0.965. The van der Waals surface area contributed by atoms with Crippen LogP contribution >= 0.6 is 23.1 Å². The van der Waals surface area contributed by atoms with Crippen LogP contribution in [0.15, 0.2) is 16.2 Å². The van der Waals surface area contributed by atoms with Crippen LogP contribution in [0.2, 0.25) is 0 Å². The van der Waals surface area contributed by atoms with Crippen LogP contribution in [0.25, 0.3) is 10.2 Å². The quantitative estimate of drug-likeness (QED) is 0.722. The van der Waals surface area contributed by atoms with Gasteiger partial charge in [0.1, 0.15) is 15.7 Å². The molecule has 0 spiro atoms. The molecule has 0 saturated heterocycles. The van der Waals surface area contributed by atoms with Crippen molar-refractivity contribution in [1.82, 2.24) is 25.1 Å². The van der Waals surface area contributed by atoms with Gasteiger partial charge in [-0.05, 0) is 31.2 Å². The lowest BCUT2D eigenvalue weighted by Gasteiger charge is -2.02. The van der Waals surface area contributed by atoms with Gasteiger partial charge in [0.25, 0.3) is 0 Å². The molecule has 3 rings (SSSR count). The number of anilines is 1. The molecular formula is C12H14N6S2. The predicted molar refractivity (Wildman–Crippen MR) is 81.6 cm³/mol. The standard InChI is InChI=1S/C12H14N6S2/c1-4-7-5-8-9(19-7)15-11(13-3)16-10(8)20-12-14-6(2)17-18-12/h5H,4H2,1-3H3,(H,13,15,16)(H,14,17,18). The van der Waals surface area contributed by atoms with E-state index < -0.39 is 0 Å². The van der Waals surface area contributed by atoms with E-state index in [1.54, 1.807) is 11.3 Å². The molecular weight excluding hydrogens is 292 g/mol. The summed E-state index contributed by atoms with van der Waals surface area (Å²) in [6, 6.07) is 2.15. The average Bonchev–Trinajstić information content (AvgIpc) is 3.04. The van der Waals surface area contributed by atoms with Crippen LogP contribution in [0.1, 0.15) is 17.6 Å². The molecule has 3 heterocycles. The Balaban J connectivity index is 2.09. The first-order valence-electron chi connectivity index (χ1n) is 6.24. The lowest BCUT2D eigenvalue weighted by atomic mass is 10.3. The van der Waals surface area contributed by atoms with Gasteiger partial charge in [-0.3, -0.25) is 5.10 Å². The molecule has 0 radical (unpaired) electrons. The summed E-state index contributed by atoms with van der Waals surface area (Å²) >= 11 is 3.16. The largest absolute Gasteiger partial charge is 0.357 e. The summed E-state index contributed by atoms with van der Waals surface area (Å²) in [7, 11) is 1.82. The van der Waals surface area contributed by atoms with Crippen molar-refractivity contribution in [3.8, 4) is 0 Å². The van der Waals surface area contributed by atoms with E-state index in [0.29, 0.717) is 11.1 Å². The fourth-order valence-electron chi connectivity index (χ4n) is 1.76. The Morgan fingerprint density at radius 1 is 1.35 bits per heavy atom. The summed E-state index contributed by atoms with van der Waals surface area (Å²) in [5, 5.41) is 12.6. The lowest BCUT2D eigenvalue weighted by Crippen LogP contribution is -1.97. The molecule has 2 N–H and O–H groups in total. The number of hydrogen-bond acceptors (Lipinski definition) is 7. The van der Waals surface area contributed by atoms with Crippen molar-refractivity contribution < 1.29 is 0 Å². The Bertz CT molecular complexity index is 748. The molecule has 0 fully saturated rings. The summed E-state index contributed by atoms with van der Waals surface area (Å²) in [6.07, 6.45) is 1.000. The highest BCUT2D eigenvalue weighted by Gasteiger charge is 2.14. The Hall–Kier alpha value is -1.67. The van der Waals surface area contributed by atoms with Gasteiger partial charge in [-0.25, -0.2) is 15.0 Å². The monoisotopic (exact) mass is 306 g/mol. The summed E-state index contributed by atoms with van der Waals surface area (Å²) in [5.74, 6) is 1.42. The van der Waals surface area contributed by atoms with Gasteiger partial charge < -0.3 is 5.32 Å². The zero-order chi connectivity index (χ0) is 14.1. The zero-order valence-electron chi connectivity index (χ0n) is 11.4. The van der Waals surface area contributed by atoms with Gasteiger partial charge in [0, 0.05) is 17.3 Å². The maximum absolute atomic E-state index is 4.53. The van der Waals surface area contributed by atoms with Crippen LogP contribution in [0.4, 0.5) is 5.95 Å². The molecule has 0 atom stereocenters. The van der Waals surface area contributed by atoms with Gasteiger partial charge in [0.05, 0.1) is 0 Å². The highest BCUT2D eigenvalue weighted by Crippen LogP contribution is 2.34. The number of thiophene rings is 1. The third kappa shape index (κ3) is 2.48. The second kappa shape index (κ2) is 5.37. The number of rotatable bonds is 4. The maximum Gasteiger partial charge on any atom is 0.224 e. The molecule has 6 nitrogen and oxygen atoms in total. The molecule has 0 amide bonds. The van der Waals surface area contributed by atoms with Crippen molar-refractivity contribution >= 4 is 39.3 Å². The number of nitrogens with one attached hydrogen (secondary N) is 2. The Morgan fingerprint density at radius 3 is 2.85 bits per heavy atom. The van der Waals surface area contributed by atoms with Crippen LogP contribution < -0.4 is 5.32 Å². The molecule has 3 aromatic heterocycles. The van der Waals surface area contributed by atoms with Gasteiger partial charge in [-0.2, -0.15) is 0 Å². The molecule has 0 bridgehead atoms. The summed E-state index contributed by atoms with van der Waals surface area (Å²) in [5.41, 5.74) is 0. The predicted octanol–water partition coefficient (Wildman–Crippen LogP) is 2.87. The first-order chi connectivity index (χ1) is 9.69. The van der Waals surface area contributed by atoms with Crippen LogP contribution in [-0.4, -0.2) is 32.2 Å². The molecule has 104 valence electrons. The molecule has 8 heteroatoms. The third-order valence-corrected chi connectivity index (χ3v) is 4.79. The number of hydrogen-bond donors (Lipinski definition) is 2. The minimum absolute atomic E-state index is 0.622. The summed E-state index contributed by atoms with van der Waals surface area (Å²) in [6.45, 7) is 4.02. The molecule has 0 aliphatic carbocycles. The van der Waals surface area contributed by atoms with Crippen LogP contribution in [0.5, 0.6) is 0 Å². The second-order valence-corrected chi connectivity index (χ2v) is 6.26. The van der Waals surface area contributed by atoms with E-state index in [9.17, 15) is 0 Å². The minimum atomic E-state index is 0.622. The number of aromatic nitrogens is 5. The Kier molecular flexibility index (Phi) is 3.58. The van der Waals surface area contributed by atoms with Gasteiger partial charge in [0.2, 0.25) is 11.1 Å². The minimum Gasteiger partial charge on any atom is -0.357 e. The number of fused-ring (bicyclic) bond motifs is 1. The van der Waals surface area contributed by atoms with Crippen molar-refractivity contribution in [1.29, 1.82) is 0 Å². The number of aromatic amines is 1. The van der Waals surface area contributed by atoms with Gasteiger partial charge in [-0.1, -0.05) is 6.92 Å². The van der Waals surface area contributed by atoms with E-state index >= 15 is 0 Å². The highest BCUT2D eigenvalue weighted by molar-refractivity contribution is 7.99. The van der Waals surface area contributed by atoms with Crippen molar-refractivity contribution in [3.63, 3.8) is 0 Å². The van der Waals surface area contributed by atoms with Crippen molar-refractivity contribution in [3.05, 3.63) is 16.8 Å². The zero-order valence-corrected chi connectivity index (χ0v) is 13.0. The van der Waals surface area contributed by atoms with Crippen molar-refractivity contribution in [2.75, 3.05) is 12.4 Å². The molecule has 0 aromatic carbocycles. The fourth-order valence-corrected chi connectivity index (χ4v) is 3.64. The molecule has 0 aliphatic heterocycles. The van der Waals surface area contributed by atoms with E-state index in [1.807, 2.05) is 14.0 Å². The topological polar surface area (TPSA) is 79.4 Å². The first kappa shape index (κ1) is 13.3. The maximum atomic E-state index is 4.53. The molecule has 20 heavy (non-hydrogen) atoms. The second-order valence-electron chi connectivity index (χ2n) is 4.19. The van der Waals surface area contributed by atoms with E-state index in [0.717, 1.165) is 27.5 Å². The third-order valence-electron chi connectivity index (χ3n) is 2.75. The summed E-state index contributed by atoms with van der Waals surface area (Å²) in [4.78, 5) is 15.6. The van der Waals surface area contributed by atoms with Crippen molar-refractivity contribution in [2.24, 2.45) is 0 Å². The smallest absolute Gasteiger partial charge is 0.224 e. The molecule has 0 aliphatic rings. The van der Waals surface area contributed by atoms with Crippen molar-refractivity contribution in [2.45, 2.75) is 30.5 Å². The molecule has 3 aromatic rings. The van der Waals surface area contributed by atoms with E-state index in [-0.39, 0.29) is 0 Å². The summed E-state index contributed by atoms with van der Waals surface area (Å²) < 4.78 is 0. The van der Waals surface area contributed by atoms with E-state index in [2.05, 4.69) is 43.5 Å². The van der Waals surface area contributed by atoms with Crippen LogP contribution in [0.3, 0.4) is 0 Å². The van der Waals surface area contributed by atoms with Crippen LogP contribution in [0, 0.1) is 6.92 Å². The Morgan fingerprint density at radius 2 is 2.20 bits per heavy atom. The Labute approximate surface area is 124 Å². The first-order valence-corrected chi connectivity index (χ1v) is 7.88. The molecule has 0 saturated carbocycles. The van der Waals surface area contributed by atoms with Gasteiger partial charge in [0.15, 0.2) is 0 Å². The van der Waals surface area contributed by atoms with E-state index in [4.69, 9.17) is 0 Å². The number of aryl methyl sites for hydroxylation is 2. The van der Waals surface area contributed by atoms with Gasteiger partial charge >= 0.3 is 0 Å². The fraction of sp³-hybridized carbons (Fsp3) is 0.333. The number of nitrogens with zero attached hydrogens (tertiary/aromatic N) is 4. The highest BCUT2D eigenvalue weighted by atomic mass is 32.2. The van der Waals surface area contributed by atoms with Crippen LogP contribution in [-0.2, 0) is 6.42 Å². The van der Waals surface area contributed by atoms with Gasteiger partial charge in [-0.15, -0.1) is 16.4 Å². The number of H-pyrrole nitrogens is 1. The SMILES string of the molecule is CCc1cc2c(Sc3n[nH]c(C)n3)nc(NC)nc2s1.